The number of nitrogens with zero attached hydrogens (tertiary/aromatic N) is 1. The van der Waals surface area contributed by atoms with Crippen LogP contribution in [-0.2, 0) is 0 Å². The normalized spacial score (nSPS) is 12.3. The van der Waals surface area contributed by atoms with E-state index in [0.29, 0.717) is 5.56 Å². The van der Waals surface area contributed by atoms with Gasteiger partial charge in [-0.25, -0.2) is 0 Å². The molecule has 0 saturated carbocycles. The molecule has 3 rings (SSSR count). The molecule has 0 bridgehead atoms. The topological polar surface area (TPSA) is 32.3 Å². The Bertz CT molecular complexity index is 827. The van der Waals surface area contributed by atoms with Gasteiger partial charge in [0.05, 0.1) is 6.04 Å². The third kappa shape index (κ3) is 3.81. The number of benzene rings is 3. The van der Waals surface area contributed by atoms with E-state index in [4.69, 9.17) is 0 Å². The molecule has 0 aliphatic rings. The fraction of sp³-hybridized carbons (Fsp3) is 0.190. The molecular weight excluding hydrogens is 296 g/mol. The molecule has 0 fully saturated rings. The number of rotatable bonds is 5. The zero-order valence-corrected chi connectivity index (χ0v) is 14.1. The van der Waals surface area contributed by atoms with Crippen LogP contribution in [0.2, 0.25) is 0 Å². The highest BCUT2D eigenvalue weighted by Crippen LogP contribution is 2.18. The van der Waals surface area contributed by atoms with E-state index >= 15 is 0 Å². The van der Waals surface area contributed by atoms with Gasteiger partial charge < -0.3 is 10.2 Å². The van der Waals surface area contributed by atoms with Gasteiger partial charge in [0.1, 0.15) is 0 Å². The lowest BCUT2D eigenvalue weighted by atomic mass is 10.0. The summed E-state index contributed by atoms with van der Waals surface area (Å²) in [5.41, 5.74) is 1.80. The highest BCUT2D eigenvalue weighted by molar-refractivity contribution is 5.98. The maximum atomic E-state index is 12.7. The predicted molar refractivity (Wildman–Crippen MR) is 99.2 cm³/mol. The van der Waals surface area contributed by atoms with Crippen molar-refractivity contribution in [2.45, 2.75) is 6.04 Å². The van der Waals surface area contributed by atoms with Gasteiger partial charge in [0, 0.05) is 12.1 Å². The SMILES string of the molecule is CN(C)C[C@@H](NC(=O)c1ccc2ccccc2c1)c1ccccc1. The van der Waals surface area contributed by atoms with Crippen molar-refractivity contribution in [1.82, 2.24) is 10.2 Å². The van der Waals surface area contributed by atoms with Crippen molar-refractivity contribution >= 4 is 16.7 Å². The van der Waals surface area contributed by atoms with Crippen molar-refractivity contribution in [1.29, 1.82) is 0 Å². The third-order valence-electron chi connectivity index (χ3n) is 4.07. The molecule has 0 heterocycles. The molecule has 1 amide bonds. The minimum atomic E-state index is -0.0449. The standard InChI is InChI=1S/C21H22N2O/c1-23(2)15-20(17-9-4-3-5-10-17)22-21(24)19-13-12-16-8-6-7-11-18(16)14-19/h3-14,20H,15H2,1-2H3,(H,22,24)/t20-/m1/s1. The maximum Gasteiger partial charge on any atom is 0.251 e. The van der Waals surface area contributed by atoms with E-state index in [1.807, 2.05) is 68.7 Å². The number of hydrogen-bond acceptors (Lipinski definition) is 2. The zero-order chi connectivity index (χ0) is 16.9. The van der Waals surface area contributed by atoms with Crippen LogP contribution in [-0.4, -0.2) is 31.4 Å². The average molecular weight is 318 g/mol. The molecule has 1 atom stereocenters. The molecule has 0 unspecified atom stereocenters. The Morgan fingerprint density at radius 3 is 2.29 bits per heavy atom. The fourth-order valence-electron chi connectivity index (χ4n) is 2.86. The molecule has 3 aromatic carbocycles. The van der Waals surface area contributed by atoms with Crippen molar-refractivity contribution in [3.63, 3.8) is 0 Å². The molecule has 0 radical (unpaired) electrons. The fourth-order valence-corrected chi connectivity index (χ4v) is 2.86. The molecule has 3 heteroatoms. The molecule has 0 saturated heterocycles. The summed E-state index contributed by atoms with van der Waals surface area (Å²) in [6.07, 6.45) is 0. The Morgan fingerprint density at radius 2 is 1.58 bits per heavy atom. The van der Waals surface area contributed by atoms with Gasteiger partial charge in [0.25, 0.3) is 5.91 Å². The van der Waals surface area contributed by atoms with E-state index in [2.05, 4.69) is 28.4 Å². The predicted octanol–water partition coefficient (Wildman–Crippen LogP) is 3.87. The van der Waals surface area contributed by atoms with Crippen LogP contribution >= 0.6 is 0 Å². The van der Waals surface area contributed by atoms with Crippen LogP contribution in [0.5, 0.6) is 0 Å². The van der Waals surface area contributed by atoms with E-state index in [1.54, 1.807) is 0 Å². The van der Waals surface area contributed by atoms with E-state index in [9.17, 15) is 4.79 Å². The lowest BCUT2D eigenvalue weighted by molar-refractivity contribution is 0.0930. The summed E-state index contributed by atoms with van der Waals surface area (Å²) in [5, 5.41) is 5.38. The van der Waals surface area contributed by atoms with Crippen molar-refractivity contribution in [2.75, 3.05) is 20.6 Å². The largest absolute Gasteiger partial charge is 0.344 e. The second-order valence-corrected chi connectivity index (χ2v) is 6.26. The summed E-state index contributed by atoms with van der Waals surface area (Å²) in [6, 6.07) is 23.9. The molecule has 0 aromatic heterocycles. The Morgan fingerprint density at radius 1 is 0.917 bits per heavy atom. The summed E-state index contributed by atoms with van der Waals surface area (Å²) < 4.78 is 0. The van der Waals surface area contributed by atoms with Crippen LogP contribution in [0.1, 0.15) is 22.0 Å². The number of nitrogens with one attached hydrogen (secondary N) is 1. The van der Waals surface area contributed by atoms with Crippen LogP contribution in [0, 0.1) is 0 Å². The summed E-state index contributed by atoms with van der Waals surface area (Å²) in [4.78, 5) is 14.8. The highest BCUT2D eigenvalue weighted by atomic mass is 16.1. The quantitative estimate of drug-likeness (QED) is 0.774. The molecule has 3 nitrogen and oxygen atoms in total. The molecule has 3 aromatic rings. The van der Waals surface area contributed by atoms with Gasteiger partial charge in [0.15, 0.2) is 0 Å². The highest BCUT2D eigenvalue weighted by Gasteiger charge is 2.16. The van der Waals surface area contributed by atoms with Gasteiger partial charge in [-0.2, -0.15) is 0 Å². The number of likely N-dealkylation sites (N-methyl/N-ethyl adjacent to an activating group) is 1. The Kier molecular flexibility index (Phi) is 4.92. The third-order valence-corrected chi connectivity index (χ3v) is 4.07. The van der Waals surface area contributed by atoms with Crippen LogP contribution in [0.15, 0.2) is 72.8 Å². The van der Waals surface area contributed by atoms with Gasteiger partial charge in [0.2, 0.25) is 0 Å². The van der Waals surface area contributed by atoms with Gasteiger partial charge in [-0.15, -0.1) is 0 Å². The van der Waals surface area contributed by atoms with Gasteiger partial charge in [-0.05, 0) is 42.6 Å². The van der Waals surface area contributed by atoms with Gasteiger partial charge in [-0.3, -0.25) is 4.79 Å². The first-order valence-electron chi connectivity index (χ1n) is 8.13. The maximum absolute atomic E-state index is 12.7. The first kappa shape index (κ1) is 16.2. The first-order valence-corrected chi connectivity index (χ1v) is 8.13. The van der Waals surface area contributed by atoms with E-state index in [1.165, 1.54) is 0 Å². The Hall–Kier alpha value is -2.65. The smallest absolute Gasteiger partial charge is 0.251 e. The molecule has 122 valence electrons. The lowest BCUT2D eigenvalue weighted by Crippen LogP contribution is -2.35. The first-order chi connectivity index (χ1) is 11.6. The van der Waals surface area contributed by atoms with Crippen LogP contribution in [0.3, 0.4) is 0 Å². The molecule has 24 heavy (non-hydrogen) atoms. The number of amides is 1. The van der Waals surface area contributed by atoms with Gasteiger partial charge >= 0.3 is 0 Å². The van der Waals surface area contributed by atoms with E-state index in [-0.39, 0.29) is 11.9 Å². The number of fused-ring (bicyclic) bond motifs is 1. The molecule has 0 spiro atoms. The Labute approximate surface area is 142 Å². The van der Waals surface area contributed by atoms with Gasteiger partial charge in [-0.1, -0.05) is 60.7 Å². The summed E-state index contributed by atoms with van der Waals surface area (Å²) >= 11 is 0. The van der Waals surface area contributed by atoms with Crippen molar-refractivity contribution in [3.8, 4) is 0 Å². The number of hydrogen-bond donors (Lipinski definition) is 1. The Balaban J connectivity index is 1.84. The molecule has 0 aliphatic heterocycles. The average Bonchev–Trinajstić information content (AvgIpc) is 2.61. The summed E-state index contributed by atoms with van der Waals surface area (Å²) in [5.74, 6) is -0.0449. The number of carbonyl (C=O) groups excluding carboxylic acids is 1. The monoisotopic (exact) mass is 318 g/mol. The minimum Gasteiger partial charge on any atom is -0.344 e. The van der Waals surface area contributed by atoms with Crippen LogP contribution in [0.4, 0.5) is 0 Å². The van der Waals surface area contributed by atoms with E-state index < -0.39 is 0 Å². The van der Waals surface area contributed by atoms with Crippen LogP contribution in [0.25, 0.3) is 10.8 Å². The summed E-state index contributed by atoms with van der Waals surface area (Å²) in [7, 11) is 4.02. The zero-order valence-electron chi connectivity index (χ0n) is 14.1. The molecular formula is C21H22N2O. The van der Waals surface area contributed by atoms with Crippen LogP contribution < -0.4 is 5.32 Å². The van der Waals surface area contributed by atoms with Crippen molar-refractivity contribution in [3.05, 3.63) is 83.9 Å². The minimum absolute atomic E-state index is 0.0415. The molecule has 0 aliphatic carbocycles. The summed E-state index contributed by atoms with van der Waals surface area (Å²) in [6.45, 7) is 0.753. The lowest BCUT2D eigenvalue weighted by Gasteiger charge is -2.23. The van der Waals surface area contributed by atoms with E-state index in [0.717, 1.165) is 22.9 Å². The second kappa shape index (κ2) is 7.28. The van der Waals surface area contributed by atoms with Crippen molar-refractivity contribution in [2.24, 2.45) is 0 Å². The number of carbonyl (C=O) groups is 1. The van der Waals surface area contributed by atoms with Crippen molar-refractivity contribution < 1.29 is 4.79 Å². The molecule has 1 N–H and O–H groups in total. The second-order valence-electron chi connectivity index (χ2n) is 6.26.